The van der Waals surface area contributed by atoms with Crippen molar-refractivity contribution in [3.8, 4) is 0 Å². The van der Waals surface area contributed by atoms with Gasteiger partial charge in [-0.1, -0.05) is 0 Å². The summed E-state index contributed by atoms with van der Waals surface area (Å²) in [5.74, 6) is 0. The van der Waals surface area contributed by atoms with E-state index >= 15 is 0 Å². The smallest absolute Gasteiger partial charge is 0.282 e. The van der Waals surface area contributed by atoms with Gasteiger partial charge < -0.3 is 0 Å². The van der Waals surface area contributed by atoms with Gasteiger partial charge in [-0.2, -0.15) is 21.0 Å². The molecule has 0 spiro atoms. The van der Waals surface area contributed by atoms with Gasteiger partial charge in [0, 0.05) is 0 Å². The van der Waals surface area contributed by atoms with Crippen LogP contribution in [-0.4, -0.2) is 13.0 Å². The number of thiol groups is 1. The van der Waals surface area contributed by atoms with E-state index in [2.05, 4.69) is 12.6 Å². The summed E-state index contributed by atoms with van der Waals surface area (Å²) >= 11 is 3.39. The van der Waals surface area contributed by atoms with Crippen LogP contribution < -0.4 is 0 Å². The maximum absolute atomic E-state index is 9.65. The lowest BCUT2D eigenvalue weighted by molar-refractivity contribution is 0.494. The zero-order valence-corrected chi connectivity index (χ0v) is 4.98. The SMILES string of the molecule is O=S(=O)(O)/C=C/S. The Morgan fingerprint density at radius 2 is 2.00 bits per heavy atom. The maximum atomic E-state index is 9.65. The van der Waals surface area contributed by atoms with Crippen molar-refractivity contribution in [1.82, 2.24) is 0 Å². The van der Waals surface area contributed by atoms with Gasteiger partial charge in [0.25, 0.3) is 10.1 Å². The molecule has 0 saturated heterocycles. The molecule has 0 bridgehead atoms. The third kappa shape index (κ3) is 6.00. The molecule has 0 fully saturated rings. The first-order valence-electron chi connectivity index (χ1n) is 1.34. The molecule has 7 heavy (non-hydrogen) atoms. The van der Waals surface area contributed by atoms with Crippen LogP contribution in [0, 0.1) is 0 Å². The minimum Gasteiger partial charge on any atom is -0.282 e. The second-order valence-electron chi connectivity index (χ2n) is 0.800. The minimum absolute atomic E-state index is 0.579. The second-order valence-corrected chi connectivity index (χ2v) is 2.40. The van der Waals surface area contributed by atoms with Crippen LogP contribution in [0.15, 0.2) is 10.8 Å². The van der Waals surface area contributed by atoms with E-state index in [0.717, 1.165) is 5.41 Å². The fourth-order valence-electron chi connectivity index (χ4n) is 0.0769. The van der Waals surface area contributed by atoms with Crippen molar-refractivity contribution in [2.45, 2.75) is 0 Å². The van der Waals surface area contributed by atoms with E-state index in [-0.39, 0.29) is 0 Å². The molecule has 1 N–H and O–H groups in total. The summed E-state index contributed by atoms with van der Waals surface area (Å²) < 4.78 is 27.2. The molecule has 0 aliphatic rings. The van der Waals surface area contributed by atoms with Gasteiger partial charge >= 0.3 is 0 Å². The summed E-state index contributed by atoms with van der Waals surface area (Å²) in [6.45, 7) is 0. The van der Waals surface area contributed by atoms with E-state index in [1.54, 1.807) is 0 Å². The molecular weight excluding hydrogens is 136 g/mol. The maximum Gasteiger partial charge on any atom is 0.288 e. The summed E-state index contributed by atoms with van der Waals surface area (Å²) in [7, 11) is -3.93. The van der Waals surface area contributed by atoms with Crippen LogP contribution >= 0.6 is 12.6 Å². The molecule has 0 aliphatic heterocycles. The number of rotatable bonds is 1. The molecule has 0 aliphatic carbocycles. The van der Waals surface area contributed by atoms with Crippen molar-refractivity contribution in [2.24, 2.45) is 0 Å². The normalized spacial score (nSPS) is 12.9. The third-order valence-corrected chi connectivity index (χ3v) is 1.06. The molecule has 0 radical (unpaired) electrons. The highest BCUT2D eigenvalue weighted by Gasteiger charge is 1.90. The first kappa shape index (κ1) is 7.00. The number of hydrogen-bond acceptors (Lipinski definition) is 3. The molecule has 0 atom stereocenters. The lowest BCUT2D eigenvalue weighted by Crippen LogP contribution is -1.87. The van der Waals surface area contributed by atoms with Gasteiger partial charge in [0.05, 0.1) is 5.41 Å². The average molecular weight is 140 g/mol. The van der Waals surface area contributed by atoms with E-state index in [9.17, 15) is 8.42 Å². The van der Waals surface area contributed by atoms with Gasteiger partial charge in [0.2, 0.25) is 0 Å². The molecule has 42 valence electrons. The van der Waals surface area contributed by atoms with Crippen molar-refractivity contribution < 1.29 is 13.0 Å². The van der Waals surface area contributed by atoms with Gasteiger partial charge in [-0.25, -0.2) is 0 Å². The molecular formula is C2H4O3S2. The second kappa shape index (κ2) is 2.34. The Labute approximate surface area is 47.2 Å². The van der Waals surface area contributed by atoms with Gasteiger partial charge in [-0.15, -0.1) is 0 Å². The Kier molecular flexibility index (Phi) is 2.34. The third-order valence-electron chi connectivity index (χ3n) is 0.233. The van der Waals surface area contributed by atoms with Gasteiger partial charge in [0.1, 0.15) is 0 Å². The molecule has 0 rings (SSSR count). The zero-order chi connectivity index (χ0) is 5.91. The summed E-state index contributed by atoms with van der Waals surface area (Å²) in [6.07, 6.45) is 0. The predicted molar refractivity (Wildman–Crippen MR) is 29.7 cm³/mol. The van der Waals surface area contributed by atoms with E-state index in [1.807, 2.05) is 0 Å². The molecule has 0 aromatic heterocycles. The zero-order valence-electron chi connectivity index (χ0n) is 3.27. The Hall–Kier alpha value is -0.000000000000000111. The first-order valence-corrected chi connectivity index (χ1v) is 3.36. The van der Waals surface area contributed by atoms with Crippen LogP contribution in [0.1, 0.15) is 0 Å². The molecule has 0 heterocycles. The van der Waals surface area contributed by atoms with Crippen molar-refractivity contribution >= 4 is 22.7 Å². The lowest BCUT2D eigenvalue weighted by atomic mass is 11.3. The van der Waals surface area contributed by atoms with E-state index in [0.29, 0.717) is 5.41 Å². The lowest BCUT2D eigenvalue weighted by Gasteiger charge is -1.76. The first-order chi connectivity index (χ1) is 3.06. The highest BCUT2D eigenvalue weighted by Crippen LogP contribution is 1.84. The van der Waals surface area contributed by atoms with E-state index in [1.165, 1.54) is 0 Å². The largest absolute Gasteiger partial charge is 0.288 e. The van der Waals surface area contributed by atoms with Crippen molar-refractivity contribution in [2.75, 3.05) is 0 Å². The van der Waals surface area contributed by atoms with Crippen molar-refractivity contribution in [3.63, 3.8) is 0 Å². The average Bonchev–Trinajstić information content (AvgIpc) is 1.30. The predicted octanol–water partition coefficient (Wildman–Crippen LogP) is 0.275. The monoisotopic (exact) mass is 140 g/mol. The van der Waals surface area contributed by atoms with Gasteiger partial charge in [-0.05, 0) is 5.41 Å². The van der Waals surface area contributed by atoms with Crippen LogP contribution in [0.25, 0.3) is 0 Å². The van der Waals surface area contributed by atoms with Crippen molar-refractivity contribution in [1.29, 1.82) is 0 Å². The molecule has 0 saturated carbocycles. The van der Waals surface area contributed by atoms with Crippen molar-refractivity contribution in [3.05, 3.63) is 10.8 Å². The Balaban J connectivity index is 4.13. The van der Waals surface area contributed by atoms with E-state index in [4.69, 9.17) is 4.55 Å². The Bertz CT molecular complexity index is 154. The quantitative estimate of drug-likeness (QED) is 0.406. The van der Waals surface area contributed by atoms with Crippen LogP contribution in [-0.2, 0) is 10.1 Å². The molecule has 0 unspecified atom stereocenters. The molecule has 3 nitrogen and oxygen atoms in total. The molecule has 0 amide bonds. The van der Waals surface area contributed by atoms with Gasteiger partial charge in [0.15, 0.2) is 0 Å². The minimum atomic E-state index is -3.93. The Morgan fingerprint density at radius 3 is 2.00 bits per heavy atom. The van der Waals surface area contributed by atoms with Gasteiger partial charge in [-0.3, -0.25) is 4.55 Å². The summed E-state index contributed by atoms with van der Waals surface area (Å²) in [4.78, 5) is 0. The van der Waals surface area contributed by atoms with Crippen LogP contribution in [0.5, 0.6) is 0 Å². The standard InChI is InChI=1S/C2H4O3S2/c3-7(4,5)2-1-6/h1-2,6H,(H,3,4,5)/b2-1+. The van der Waals surface area contributed by atoms with E-state index < -0.39 is 10.1 Å². The molecule has 0 aromatic rings. The summed E-state index contributed by atoms with van der Waals surface area (Å²) in [5.41, 5.74) is 0. The highest BCUT2D eigenvalue weighted by molar-refractivity contribution is 7.90. The summed E-state index contributed by atoms with van der Waals surface area (Å²) in [6, 6.07) is 0. The fraction of sp³-hybridized carbons (Fsp3) is 0. The topological polar surface area (TPSA) is 54.4 Å². The van der Waals surface area contributed by atoms with Crippen LogP contribution in [0.3, 0.4) is 0 Å². The molecule has 0 aromatic carbocycles. The number of hydrogen-bond donors (Lipinski definition) is 2. The molecule has 5 heteroatoms. The van der Waals surface area contributed by atoms with Crippen LogP contribution in [0.4, 0.5) is 0 Å². The fourth-order valence-corrected chi connectivity index (χ4v) is 0.692. The Morgan fingerprint density at radius 1 is 1.57 bits per heavy atom. The summed E-state index contributed by atoms with van der Waals surface area (Å²) in [5, 5.41) is 1.52. The highest BCUT2D eigenvalue weighted by atomic mass is 32.2. The van der Waals surface area contributed by atoms with Crippen LogP contribution in [0.2, 0.25) is 0 Å².